The minimum atomic E-state index is -4.93. The lowest BCUT2D eigenvalue weighted by molar-refractivity contribution is -0.142. The first kappa shape index (κ1) is 27.2. The van der Waals surface area contributed by atoms with Crippen molar-refractivity contribution < 1.29 is 40.9 Å². The van der Waals surface area contributed by atoms with Crippen molar-refractivity contribution in [2.75, 3.05) is 29.6 Å². The minimum Gasteiger partial charge on any atom is -0.463 e. The minimum absolute atomic E-state index is 0.00853. The Bertz CT molecular complexity index is 1310. The van der Waals surface area contributed by atoms with Crippen LogP contribution in [-0.4, -0.2) is 56.8 Å². The average molecular weight is 535 g/mol. The van der Waals surface area contributed by atoms with E-state index < -0.39 is 63.5 Å². The van der Waals surface area contributed by atoms with Gasteiger partial charge in [-0.15, -0.1) is 14.6 Å². The molecule has 2 N–H and O–H groups in total. The van der Waals surface area contributed by atoms with Crippen LogP contribution < -0.4 is 10.2 Å². The molecule has 1 atom stereocenters. The van der Waals surface area contributed by atoms with Gasteiger partial charge in [0.05, 0.1) is 15.3 Å². The maximum Gasteiger partial charge on any atom is 0.439 e. The number of carbonyl (C=O) groups is 2. The first-order valence-corrected chi connectivity index (χ1v) is 12.5. The molecule has 0 saturated carbocycles. The smallest absolute Gasteiger partial charge is 0.439 e. The van der Waals surface area contributed by atoms with Crippen LogP contribution in [0, 0.1) is 6.92 Å². The van der Waals surface area contributed by atoms with Crippen LogP contribution in [0.4, 0.5) is 38.3 Å². The van der Waals surface area contributed by atoms with Gasteiger partial charge in [0.15, 0.2) is 11.5 Å². The second-order valence-corrected chi connectivity index (χ2v) is 10.5. The van der Waals surface area contributed by atoms with Crippen LogP contribution in [0.15, 0.2) is 33.5 Å². The van der Waals surface area contributed by atoms with Crippen molar-refractivity contribution in [2.24, 2.45) is 4.36 Å². The van der Waals surface area contributed by atoms with E-state index in [0.717, 1.165) is 13.2 Å². The number of nitrogens with one attached hydrogen (secondary N) is 1. The monoisotopic (exact) mass is 535 g/mol. The fraction of sp³-hybridized carbons (Fsp3) is 0.429. The zero-order chi connectivity index (χ0) is 26.9. The molecular formula is C21H22F5N5O4S. The van der Waals surface area contributed by atoms with Gasteiger partial charge in [-0.05, 0) is 37.1 Å². The summed E-state index contributed by atoms with van der Waals surface area (Å²) >= 11 is 0. The van der Waals surface area contributed by atoms with E-state index in [9.17, 15) is 35.8 Å². The molecule has 15 heteroatoms. The summed E-state index contributed by atoms with van der Waals surface area (Å²) in [7, 11) is -3.38. The maximum absolute atomic E-state index is 13.9. The summed E-state index contributed by atoms with van der Waals surface area (Å²) in [4.78, 5) is 25.3. The highest BCUT2D eigenvalue weighted by molar-refractivity contribution is 7.93. The number of alkyl halides is 5. The lowest BCUT2D eigenvalue weighted by atomic mass is 10.1. The molecule has 1 saturated heterocycles. The Kier molecular flexibility index (Phi) is 7.53. The topological polar surface area (TPSA) is 125 Å². The molecule has 9 nitrogen and oxygen atoms in total. The van der Waals surface area contributed by atoms with Crippen molar-refractivity contribution in [3.63, 3.8) is 0 Å². The van der Waals surface area contributed by atoms with Crippen LogP contribution in [0.5, 0.6) is 0 Å². The molecule has 1 aliphatic rings. The standard InChI is InChI=1S/C21H22F5N5O4S/c1-12-15(18(32)27-13-5-3-6-14(11-13)36(2,35)30-19(33)34)17(29-28-16(12)21(24,25)26)31-9-4-7-20(22,23)8-10-31/h3,5-6,11H,4,7-10H2,1-2H3,(H,27,32)(H,33,34). The number of hydrogen-bond donors (Lipinski definition) is 2. The number of nitrogens with zero attached hydrogens (tertiary/aromatic N) is 4. The third kappa shape index (κ3) is 6.25. The molecule has 2 heterocycles. The van der Waals surface area contributed by atoms with Crippen molar-refractivity contribution in [2.45, 2.75) is 43.2 Å². The van der Waals surface area contributed by atoms with Gasteiger partial charge in [-0.25, -0.2) is 17.8 Å². The van der Waals surface area contributed by atoms with Crippen molar-refractivity contribution in [3.8, 4) is 0 Å². The summed E-state index contributed by atoms with van der Waals surface area (Å²) in [6.07, 6.45) is -6.49. The Labute approximate surface area is 202 Å². The molecule has 0 bridgehead atoms. The molecule has 2 amide bonds. The van der Waals surface area contributed by atoms with E-state index in [2.05, 4.69) is 19.9 Å². The largest absolute Gasteiger partial charge is 0.463 e. The molecule has 196 valence electrons. The predicted molar refractivity (Wildman–Crippen MR) is 120 cm³/mol. The van der Waals surface area contributed by atoms with Crippen molar-refractivity contribution in [3.05, 3.63) is 41.1 Å². The van der Waals surface area contributed by atoms with Gasteiger partial charge in [0.25, 0.3) is 5.91 Å². The molecule has 0 aliphatic carbocycles. The normalized spacial score (nSPS) is 17.6. The van der Waals surface area contributed by atoms with Crippen LogP contribution >= 0.6 is 0 Å². The first-order chi connectivity index (χ1) is 16.6. The highest BCUT2D eigenvalue weighted by Crippen LogP contribution is 2.36. The van der Waals surface area contributed by atoms with Gasteiger partial charge in [0.1, 0.15) is 0 Å². The Morgan fingerprint density at radius 2 is 1.89 bits per heavy atom. The number of aromatic nitrogens is 2. The molecule has 1 aromatic heterocycles. The molecule has 0 spiro atoms. The molecule has 36 heavy (non-hydrogen) atoms. The van der Waals surface area contributed by atoms with Crippen LogP contribution in [-0.2, 0) is 15.9 Å². The zero-order valence-corrected chi connectivity index (χ0v) is 19.9. The van der Waals surface area contributed by atoms with Crippen molar-refractivity contribution >= 4 is 33.2 Å². The third-order valence-corrected chi connectivity index (χ3v) is 7.13. The summed E-state index contributed by atoms with van der Waals surface area (Å²) < 4.78 is 84.0. The first-order valence-electron chi connectivity index (χ1n) is 10.5. The van der Waals surface area contributed by atoms with E-state index in [1.807, 2.05) is 0 Å². The predicted octanol–water partition coefficient (Wildman–Crippen LogP) is 4.82. The Morgan fingerprint density at radius 1 is 1.19 bits per heavy atom. The summed E-state index contributed by atoms with van der Waals surface area (Å²) in [6, 6.07) is 5.18. The maximum atomic E-state index is 13.9. The molecule has 0 radical (unpaired) electrons. The van der Waals surface area contributed by atoms with E-state index in [4.69, 9.17) is 5.11 Å². The van der Waals surface area contributed by atoms with Gasteiger partial charge in [-0.3, -0.25) is 4.79 Å². The zero-order valence-electron chi connectivity index (χ0n) is 19.1. The molecule has 1 unspecified atom stereocenters. The van der Waals surface area contributed by atoms with Crippen LogP contribution in [0.3, 0.4) is 0 Å². The fourth-order valence-electron chi connectivity index (χ4n) is 3.75. The molecular weight excluding hydrogens is 513 g/mol. The van der Waals surface area contributed by atoms with Gasteiger partial charge in [-0.1, -0.05) is 6.07 Å². The van der Waals surface area contributed by atoms with E-state index in [1.54, 1.807) is 0 Å². The van der Waals surface area contributed by atoms with Crippen molar-refractivity contribution in [1.82, 2.24) is 10.2 Å². The summed E-state index contributed by atoms with van der Waals surface area (Å²) in [5.41, 5.74) is -2.45. The SMILES string of the molecule is Cc1c(C(F)(F)F)nnc(N2CCCC(F)(F)CC2)c1C(=O)Nc1cccc(S(C)(=O)=NC(=O)O)c1. The van der Waals surface area contributed by atoms with E-state index in [1.165, 1.54) is 29.2 Å². The number of rotatable bonds is 4. The Morgan fingerprint density at radius 3 is 2.53 bits per heavy atom. The van der Waals surface area contributed by atoms with Gasteiger partial charge >= 0.3 is 12.3 Å². The summed E-state index contributed by atoms with van der Waals surface area (Å²) in [6.45, 7) is 0.805. The lowest BCUT2D eigenvalue weighted by Gasteiger charge is -2.25. The number of hydrogen-bond acceptors (Lipinski definition) is 6. The number of carboxylic acid groups (broad SMARTS) is 1. The average Bonchev–Trinajstić information content (AvgIpc) is 2.92. The van der Waals surface area contributed by atoms with E-state index >= 15 is 0 Å². The second kappa shape index (κ2) is 9.95. The summed E-state index contributed by atoms with van der Waals surface area (Å²) in [5.74, 6) is -4.26. The third-order valence-electron chi connectivity index (χ3n) is 5.49. The number of benzene rings is 1. The number of halogens is 5. The van der Waals surface area contributed by atoms with E-state index in [0.29, 0.717) is 0 Å². The molecule has 3 rings (SSSR count). The van der Waals surface area contributed by atoms with Gasteiger partial charge in [-0.2, -0.15) is 13.2 Å². The van der Waals surface area contributed by atoms with Crippen LogP contribution in [0.25, 0.3) is 0 Å². The van der Waals surface area contributed by atoms with Crippen molar-refractivity contribution in [1.29, 1.82) is 0 Å². The van der Waals surface area contributed by atoms with Crippen LogP contribution in [0.2, 0.25) is 0 Å². The highest BCUT2D eigenvalue weighted by Gasteiger charge is 2.39. The number of amides is 2. The second-order valence-electron chi connectivity index (χ2n) is 8.22. The molecule has 2 aromatic rings. The van der Waals surface area contributed by atoms with Gasteiger partial charge < -0.3 is 15.3 Å². The quantitative estimate of drug-likeness (QED) is 0.538. The molecule has 1 fully saturated rings. The number of carbonyl (C=O) groups excluding carboxylic acids is 1. The fourth-order valence-corrected chi connectivity index (χ4v) is 4.83. The highest BCUT2D eigenvalue weighted by atomic mass is 32.2. The number of anilines is 2. The molecule has 1 aliphatic heterocycles. The Balaban J connectivity index is 2.05. The summed E-state index contributed by atoms with van der Waals surface area (Å²) in [5, 5.41) is 18.0. The lowest BCUT2D eigenvalue weighted by Crippen LogP contribution is -2.31. The van der Waals surface area contributed by atoms with Gasteiger partial charge in [0, 0.05) is 42.8 Å². The van der Waals surface area contributed by atoms with Gasteiger partial charge in [0.2, 0.25) is 5.92 Å². The molecule has 1 aromatic carbocycles. The Hall–Kier alpha value is -3.36. The van der Waals surface area contributed by atoms with Crippen LogP contribution in [0.1, 0.15) is 40.9 Å². The van der Waals surface area contributed by atoms with E-state index in [-0.39, 0.29) is 35.9 Å².